The number of amidine groups is 1. The fourth-order valence-corrected chi connectivity index (χ4v) is 3.78. The summed E-state index contributed by atoms with van der Waals surface area (Å²) in [6.45, 7) is -0.612. The summed E-state index contributed by atoms with van der Waals surface area (Å²) in [4.78, 5) is 25.9. The zero-order chi connectivity index (χ0) is 24.3. The van der Waals surface area contributed by atoms with E-state index in [2.05, 4.69) is 25.9 Å². The summed E-state index contributed by atoms with van der Waals surface area (Å²) in [6, 6.07) is 0. The number of phosphoric acid groups is 1. The van der Waals surface area contributed by atoms with Crippen LogP contribution in [0, 0.1) is 11.3 Å². The van der Waals surface area contributed by atoms with Gasteiger partial charge in [-0.3, -0.25) is 14.9 Å². The van der Waals surface area contributed by atoms with E-state index in [-0.39, 0.29) is 11.8 Å². The van der Waals surface area contributed by atoms with Gasteiger partial charge in [-0.2, -0.15) is 0 Å². The first-order chi connectivity index (χ1) is 15.7. The Balaban J connectivity index is 1.93. The Morgan fingerprint density at radius 3 is 2.79 bits per heavy atom. The minimum Gasteiger partial charge on any atom is -0.387 e. The number of hydrogen-bond donors (Lipinski definition) is 7. The number of ether oxygens (including phenoxy) is 1. The third kappa shape index (κ3) is 10.3. The summed E-state index contributed by atoms with van der Waals surface area (Å²) in [5.74, 6) is 0.00144. The second-order valence-corrected chi connectivity index (χ2v) is 9.20. The molecule has 0 bridgehead atoms. The van der Waals surface area contributed by atoms with Crippen LogP contribution in [-0.4, -0.2) is 69.5 Å². The van der Waals surface area contributed by atoms with E-state index < -0.39 is 39.0 Å². The van der Waals surface area contributed by atoms with Crippen molar-refractivity contribution in [3.8, 4) is 0 Å². The molecule has 5 atom stereocenters. The first kappa shape index (κ1) is 27.3. The maximum Gasteiger partial charge on any atom is 0.469 e. The number of phosphoric ester groups is 1. The van der Waals surface area contributed by atoms with Gasteiger partial charge >= 0.3 is 7.82 Å². The Hall–Kier alpha value is -1.92. The number of aliphatic hydroxyl groups is 2. The molecule has 13 heteroatoms. The molecule has 0 aliphatic carbocycles. The van der Waals surface area contributed by atoms with Crippen molar-refractivity contribution in [2.24, 2.45) is 21.6 Å². The predicted molar refractivity (Wildman–Crippen MR) is 124 cm³/mol. The van der Waals surface area contributed by atoms with E-state index in [1.165, 1.54) is 25.6 Å². The molecular weight excluding hydrogens is 453 g/mol. The van der Waals surface area contributed by atoms with Crippen molar-refractivity contribution in [3.63, 3.8) is 0 Å². The quantitative estimate of drug-likeness (QED) is 0.140. The number of nitrogens with two attached hydrogens (primary N) is 1. The Morgan fingerprint density at radius 1 is 1.30 bits per heavy atom. The third-order valence-corrected chi connectivity index (χ3v) is 5.77. The van der Waals surface area contributed by atoms with Gasteiger partial charge in [0.15, 0.2) is 6.23 Å². The molecule has 8 N–H and O–H groups in total. The highest BCUT2D eigenvalue weighted by Gasteiger charge is 2.43. The normalized spacial score (nSPS) is 30.8. The van der Waals surface area contributed by atoms with E-state index in [1.807, 2.05) is 12.4 Å². The lowest BCUT2D eigenvalue weighted by Crippen LogP contribution is -2.34. The molecule has 1 saturated heterocycles. The van der Waals surface area contributed by atoms with Crippen molar-refractivity contribution in [2.45, 2.75) is 69.5 Å². The van der Waals surface area contributed by atoms with Gasteiger partial charge in [0.2, 0.25) is 0 Å². The highest BCUT2D eigenvalue weighted by Crippen LogP contribution is 2.37. The van der Waals surface area contributed by atoms with Gasteiger partial charge in [0.1, 0.15) is 24.1 Å². The first-order valence-electron chi connectivity index (χ1n) is 10.9. The number of aliphatic hydroxyl groups excluding tert-OH is 2. The van der Waals surface area contributed by atoms with Crippen molar-refractivity contribution in [2.75, 3.05) is 6.61 Å². The standard InChI is InChI=1S/C20H34N5O7P/c21-19(22)15(9-8-14-7-5-3-1-2-4-6-10-23-11-14)24-13-25-20-18(27)17(26)16(32-20)12-31-33(28,29)30/h6,9-11,13-14,16-18,20,26-27H,1-5,7-8,12H2,(H3,21,22)(H,24,25)(H2,28,29,30)/b10-6-,15-9+,23-11?/t14-,16?,17?,18?,20?/m1/s1. The molecule has 2 aliphatic rings. The van der Waals surface area contributed by atoms with Crippen LogP contribution >= 0.6 is 7.82 Å². The monoisotopic (exact) mass is 487 g/mol. The topological polar surface area (TPSA) is 203 Å². The molecule has 12 nitrogen and oxygen atoms in total. The average molecular weight is 487 g/mol. The molecule has 186 valence electrons. The van der Waals surface area contributed by atoms with Crippen LogP contribution < -0.4 is 11.1 Å². The Labute approximate surface area is 193 Å². The predicted octanol–water partition coefficient (Wildman–Crippen LogP) is 0.925. The lowest BCUT2D eigenvalue weighted by atomic mass is 9.97. The summed E-state index contributed by atoms with van der Waals surface area (Å²) in [6.07, 6.45) is 10.8. The van der Waals surface area contributed by atoms with Gasteiger partial charge < -0.3 is 35.8 Å². The molecule has 0 amide bonds. The maximum absolute atomic E-state index is 10.8. The van der Waals surface area contributed by atoms with E-state index in [4.69, 9.17) is 25.7 Å². The average Bonchev–Trinajstić information content (AvgIpc) is 2.99. The number of aliphatic imine (C=N–C) groups is 2. The van der Waals surface area contributed by atoms with Crippen molar-refractivity contribution >= 4 is 26.2 Å². The fourth-order valence-electron chi connectivity index (χ4n) is 3.44. The molecule has 2 aliphatic heterocycles. The minimum atomic E-state index is -4.74. The van der Waals surface area contributed by atoms with E-state index in [9.17, 15) is 14.8 Å². The van der Waals surface area contributed by atoms with Crippen LogP contribution in [0.4, 0.5) is 0 Å². The molecule has 1 fully saturated rings. The van der Waals surface area contributed by atoms with Gasteiger partial charge in [0.05, 0.1) is 18.6 Å². The van der Waals surface area contributed by atoms with Gasteiger partial charge in [-0.1, -0.05) is 31.4 Å². The number of hydrogen-bond acceptors (Lipinski definition) is 8. The van der Waals surface area contributed by atoms with Crippen molar-refractivity contribution in [1.82, 2.24) is 5.32 Å². The zero-order valence-corrected chi connectivity index (χ0v) is 19.3. The summed E-state index contributed by atoms with van der Waals surface area (Å²) >= 11 is 0. The van der Waals surface area contributed by atoms with Crippen LogP contribution in [0.25, 0.3) is 0 Å². The van der Waals surface area contributed by atoms with Crippen LogP contribution in [0.3, 0.4) is 0 Å². The molecule has 2 rings (SSSR count). The van der Waals surface area contributed by atoms with Crippen molar-refractivity contribution in [3.05, 3.63) is 24.0 Å². The molecule has 0 aromatic rings. The SMILES string of the molecule is N=C(N)/C(=C\C[C@@H]1C=N/C=C\CCCCCC1)NC=NC1OC(COP(=O)(O)O)C(O)C1O. The molecule has 0 aromatic carbocycles. The first-order valence-corrected chi connectivity index (χ1v) is 12.4. The molecule has 33 heavy (non-hydrogen) atoms. The lowest BCUT2D eigenvalue weighted by molar-refractivity contribution is -0.0189. The number of rotatable bonds is 9. The molecule has 2 heterocycles. The molecule has 0 radical (unpaired) electrons. The van der Waals surface area contributed by atoms with E-state index in [0.29, 0.717) is 12.1 Å². The molecule has 0 saturated carbocycles. The van der Waals surface area contributed by atoms with Crippen molar-refractivity contribution in [1.29, 1.82) is 5.41 Å². The molecule has 0 aromatic heterocycles. The van der Waals surface area contributed by atoms with Crippen LogP contribution in [-0.2, 0) is 13.8 Å². The Bertz CT molecular complexity index is 798. The van der Waals surface area contributed by atoms with E-state index in [1.54, 1.807) is 6.08 Å². The van der Waals surface area contributed by atoms with Crippen LogP contribution in [0.5, 0.6) is 0 Å². The maximum atomic E-state index is 10.8. The highest BCUT2D eigenvalue weighted by atomic mass is 31.2. The van der Waals surface area contributed by atoms with Gasteiger partial charge in [0, 0.05) is 12.4 Å². The van der Waals surface area contributed by atoms with Crippen LogP contribution in [0.2, 0.25) is 0 Å². The summed E-state index contributed by atoms with van der Waals surface area (Å²) < 4.78 is 20.4. The van der Waals surface area contributed by atoms with Crippen LogP contribution in [0.15, 0.2) is 34.0 Å². The van der Waals surface area contributed by atoms with Gasteiger partial charge in [-0.15, -0.1) is 0 Å². The Morgan fingerprint density at radius 2 is 2.06 bits per heavy atom. The van der Waals surface area contributed by atoms with Gasteiger partial charge in [0.25, 0.3) is 0 Å². The third-order valence-electron chi connectivity index (χ3n) is 5.28. The highest BCUT2D eigenvalue weighted by molar-refractivity contribution is 7.46. The van der Waals surface area contributed by atoms with Gasteiger partial charge in [-0.05, 0) is 31.6 Å². The largest absolute Gasteiger partial charge is 0.469 e. The minimum absolute atomic E-state index is 0.198. The number of allylic oxidation sites excluding steroid dienone is 2. The van der Waals surface area contributed by atoms with Gasteiger partial charge in [-0.25, -0.2) is 9.56 Å². The zero-order valence-electron chi connectivity index (χ0n) is 18.4. The summed E-state index contributed by atoms with van der Waals surface area (Å²) in [5, 5.41) is 30.6. The van der Waals surface area contributed by atoms with E-state index >= 15 is 0 Å². The number of nitrogens with one attached hydrogen (secondary N) is 2. The smallest absolute Gasteiger partial charge is 0.387 e. The summed E-state index contributed by atoms with van der Waals surface area (Å²) in [5.41, 5.74) is 5.98. The molecule has 4 unspecified atom stereocenters. The fraction of sp³-hybridized carbons (Fsp3) is 0.650. The van der Waals surface area contributed by atoms with Crippen molar-refractivity contribution < 1.29 is 33.8 Å². The Kier molecular flexibility index (Phi) is 11.3. The number of nitrogens with zero attached hydrogens (tertiary/aromatic N) is 2. The molecular formula is C20H34N5O7P. The second kappa shape index (κ2) is 13.7. The summed E-state index contributed by atoms with van der Waals surface area (Å²) in [7, 11) is -4.74. The lowest BCUT2D eigenvalue weighted by Gasteiger charge is -2.14. The second-order valence-electron chi connectivity index (χ2n) is 7.96. The van der Waals surface area contributed by atoms with E-state index in [0.717, 1.165) is 19.3 Å². The molecule has 0 spiro atoms. The van der Waals surface area contributed by atoms with Crippen LogP contribution in [0.1, 0.15) is 44.9 Å².